The van der Waals surface area contributed by atoms with E-state index >= 15 is 0 Å². The maximum Gasteiger partial charge on any atom is 0.411 e. The zero-order valence-corrected chi connectivity index (χ0v) is 10.2. The molecule has 5 nitrogen and oxygen atoms in total. The number of carbonyl (C=O) groups excluding carboxylic acids is 1. The molecule has 90 valence electrons. The van der Waals surface area contributed by atoms with Crippen LogP contribution >= 0.6 is 0 Å². The van der Waals surface area contributed by atoms with E-state index in [0.717, 1.165) is 0 Å². The van der Waals surface area contributed by atoms with E-state index in [4.69, 9.17) is 4.74 Å². The Labute approximate surface area is 95.8 Å². The van der Waals surface area contributed by atoms with Crippen LogP contribution < -0.4 is 5.32 Å². The summed E-state index contributed by atoms with van der Waals surface area (Å²) >= 11 is 0. The van der Waals surface area contributed by atoms with Gasteiger partial charge >= 0.3 is 6.09 Å². The summed E-state index contributed by atoms with van der Waals surface area (Å²) in [6.07, 6.45) is 2.86. The summed E-state index contributed by atoms with van der Waals surface area (Å²) in [6, 6.07) is 0. The van der Waals surface area contributed by atoms with Crippen molar-refractivity contribution >= 4 is 11.8 Å². The number of hydrogen-bond acceptors (Lipinski definition) is 3. The lowest BCUT2D eigenvalue weighted by Gasteiger charge is -2.15. The van der Waals surface area contributed by atoms with Gasteiger partial charge in [0.1, 0.15) is 0 Å². The summed E-state index contributed by atoms with van der Waals surface area (Å²) in [6.45, 7) is 6.70. The molecule has 1 rings (SSSR count). The van der Waals surface area contributed by atoms with Crippen molar-refractivity contribution in [3.05, 3.63) is 12.4 Å². The van der Waals surface area contributed by atoms with Gasteiger partial charge in [-0.15, -0.1) is 0 Å². The predicted molar refractivity (Wildman–Crippen MR) is 62.2 cm³/mol. The molecule has 1 aromatic rings. The molecule has 0 fully saturated rings. The highest BCUT2D eigenvalue weighted by Gasteiger charge is 2.11. The van der Waals surface area contributed by atoms with Gasteiger partial charge in [-0.2, -0.15) is 5.10 Å². The van der Waals surface area contributed by atoms with Gasteiger partial charge in [0.25, 0.3) is 0 Å². The first-order valence-corrected chi connectivity index (χ1v) is 5.41. The molecule has 0 saturated heterocycles. The molecule has 1 heterocycles. The number of nitrogens with zero attached hydrogens (tertiary/aromatic N) is 2. The fraction of sp³-hybridized carbons (Fsp3) is 0.636. The van der Waals surface area contributed by atoms with Crippen LogP contribution in [-0.4, -0.2) is 22.5 Å². The number of rotatable bonds is 4. The van der Waals surface area contributed by atoms with Crippen molar-refractivity contribution in [2.75, 3.05) is 11.9 Å². The molecule has 1 amide bonds. The van der Waals surface area contributed by atoms with Crippen molar-refractivity contribution in [1.29, 1.82) is 0 Å². The summed E-state index contributed by atoms with van der Waals surface area (Å²) in [5, 5.41) is 6.55. The lowest BCUT2D eigenvalue weighted by atomic mass is 10.00. The first kappa shape index (κ1) is 12.5. The molecule has 1 atom stereocenters. The molecule has 0 spiro atoms. The largest absolute Gasteiger partial charge is 0.449 e. The van der Waals surface area contributed by atoms with E-state index in [0.29, 0.717) is 24.1 Å². The second-order valence-electron chi connectivity index (χ2n) is 4.35. The molecule has 16 heavy (non-hydrogen) atoms. The lowest BCUT2D eigenvalue weighted by molar-refractivity contribution is 0.133. The average Bonchev–Trinajstić information content (AvgIpc) is 2.60. The molecular weight excluding hydrogens is 206 g/mol. The molecule has 0 radical (unpaired) electrons. The lowest BCUT2D eigenvalue weighted by Crippen LogP contribution is -2.19. The third-order valence-electron chi connectivity index (χ3n) is 2.57. The van der Waals surface area contributed by atoms with Gasteiger partial charge in [0.05, 0.1) is 18.5 Å². The van der Waals surface area contributed by atoms with Crippen LogP contribution in [0.2, 0.25) is 0 Å². The highest BCUT2D eigenvalue weighted by molar-refractivity contribution is 5.84. The molecule has 0 saturated carbocycles. The van der Waals surface area contributed by atoms with Gasteiger partial charge in [-0.05, 0) is 11.8 Å². The Morgan fingerprint density at radius 1 is 1.56 bits per heavy atom. The van der Waals surface area contributed by atoms with Gasteiger partial charge in [-0.25, -0.2) is 4.79 Å². The van der Waals surface area contributed by atoms with E-state index in [9.17, 15) is 4.79 Å². The highest BCUT2D eigenvalue weighted by atomic mass is 16.5. The van der Waals surface area contributed by atoms with Crippen molar-refractivity contribution in [2.45, 2.75) is 20.8 Å². The zero-order chi connectivity index (χ0) is 12.1. The molecule has 0 bridgehead atoms. The molecule has 1 N–H and O–H groups in total. The quantitative estimate of drug-likeness (QED) is 0.855. The molecule has 0 aliphatic heterocycles. The van der Waals surface area contributed by atoms with Crippen LogP contribution in [0.5, 0.6) is 0 Å². The number of anilines is 1. The summed E-state index contributed by atoms with van der Waals surface area (Å²) in [5.74, 6) is 0.867. The van der Waals surface area contributed by atoms with E-state index in [2.05, 4.69) is 31.2 Å². The summed E-state index contributed by atoms with van der Waals surface area (Å²) in [4.78, 5) is 11.4. The normalized spacial score (nSPS) is 12.6. The Hall–Kier alpha value is -1.52. The standard InChI is InChI=1S/C11H19N3O2/c1-8(2)9(3)7-16-11(15)13-10-5-12-14(4)6-10/h5-6,8-9H,7H2,1-4H3,(H,13,15). The number of aryl methyl sites for hydroxylation is 1. The summed E-state index contributed by atoms with van der Waals surface area (Å²) < 4.78 is 6.71. The summed E-state index contributed by atoms with van der Waals surface area (Å²) in [5.41, 5.74) is 0.643. The highest BCUT2D eigenvalue weighted by Crippen LogP contribution is 2.10. The van der Waals surface area contributed by atoms with E-state index in [1.54, 1.807) is 24.1 Å². The number of amides is 1. The monoisotopic (exact) mass is 225 g/mol. The minimum atomic E-state index is -0.430. The van der Waals surface area contributed by atoms with E-state index in [-0.39, 0.29) is 0 Å². The number of nitrogens with one attached hydrogen (secondary N) is 1. The van der Waals surface area contributed by atoms with Crippen molar-refractivity contribution < 1.29 is 9.53 Å². The van der Waals surface area contributed by atoms with Gasteiger partial charge in [0.15, 0.2) is 0 Å². The molecule has 1 aromatic heterocycles. The van der Waals surface area contributed by atoms with Crippen LogP contribution in [0.1, 0.15) is 20.8 Å². The van der Waals surface area contributed by atoms with Crippen LogP contribution in [0.3, 0.4) is 0 Å². The Morgan fingerprint density at radius 2 is 2.25 bits per heavy atom. The third-order valence-corrected chi connectivity index (χ3v) is 2.57. The van der Waals surface area contributed by atoms with Crippen LogP contribution in [0.15, 0.2) is 12.4 Å². The SMILES string of the molecule is CC(C)C(C)COC(=O)Nc1cnn(C)c1. The Kier molecular flexibility index (Phi) is 4.34. The minimum Gasteiger partial charge on any atom is -0.449 e. The van der Waals surface area contributed by atoms with E-state index < -0.39 is 6.09 Å². The first-order valence-electron chi connectivity index (χ1n) is 5.41. The van der Waals surface area contributed by atoms with Crippen molar-refractivity contribution in [3.8, 4) is 0 Å². The number of aromatic nitrogens is 2. The van der Waals surface area contributed by atoms with Gasteiger partial charge in [0.2, 0.25) is 0 Å². The Morgan fingerprint density at radius 3 is 2.75 bits per heavy atom. The zero-order valence-electron chi connectivity index (χ0n) is 10.2. The van der Waals surface area contributed by atoms with Gasteiger partial charge in [0, 0.05) is 13.2 Å². The van der Waals surface area contributed by atoms with Crippen LogP contribution in [0, 0.1) is 11.8 Å². The van der Waals surface area contributed by atoms with E-state index in [1.165, 1.54) is 0 Å². The Bertz CT molecular complexity index is 347. The maximum absolute atomic E-state index is 11.4. The van der Waals surface area contributed by atoms with Crippen LogP contribution in [0.4, 0.5) is 10.5 Å². The number of hydrogen-bond donors (Lipinski definition) is 1. The second-order valence-corrected chi connectivity index (χ2v) is 4.35. The van der Waals surface area contributed by atoms with Gasteiger partial charge < -0.3 is 4.74 Å². The first-order chi connectivity index (χ1) is 7.49. The molecule has 1 unspecified atom stereocenters. The number of carbonyl (C=O) groups is 1. The minimum absolute atomic E-state index is 0.361. The van der Waals surface area contributed by atoms with Gasteiger partial charge in [-0.3, -0.25) is 10.00 Å². The molecule has 0 aliphatic carbocycles. The van der Waals surface area contributed by atoms with Crippen molar-refractivity contribution in [1.82, 2.24) is 9.78 Å². The van der Waals surface area contributed by atoms with Crippen molar-refractivity contribution in [2.24, 2.45) is 18.9 Å². The topological polar surface area (TPSA) is 56.1 Å². The Balaban J connectivity index is 2.31. The van der Waals surface area contributed by atoms with Crippen LogP contribution in [-0.2, 0) is 11.8 Å². The molecule has 5 heteroatoms. The maximum atomic E-state index is 11.4. The fourth-order valence-corrected chi connectivity index (χ4v) is 1.04. The third kappa shape index (κ3) is 3.92. The predicted octanol–water partition coefficient (Wildman–Crippen LogP) is 2.26. The van der Waals surface area contributed by atoms with Crippen molar-refractivity contribution in [3.63, 3.8) is 0 Å². The fourth-order valence-electron chi connectivity index (χ4n) is 1.04. The van der Waals surface area contributed by atoms with Gasteiger partial charge in [-0.1, -0.05) is 20.8 Å². The smallest absolute Gasteiger partial charge is 0.411 e. The molecule has 0 aromatic carbocycles. The van der Waals surface area contributed by atoms with Crippen LogP contribution in [0.25, 0.3) is 0 Å². The van der Waals surface area contributed by atoms with E-state index in [1.807, 2.05) is 0 Å². The molecule has 0 aliphatic rings. The number of ether oxygens (including phenoxy) is 1. The molecular formula is C11H19N3O2. The second kappa shape index (κ2) is 5.53. The average molecular weight is 225 g/mol. The summed E-state index contributed by atoms with van der Waals surface area (Å²) in [7, 11) is 1.79.